The van der Waals surface area contributed by atoms with Crippen LogP contribution in [-0.4, -0.2) is 43.7 Å². The molecule has 6 heteroatoms. The van der Waals surface area contributed by atoms with Crippen LogP contribution < -0.4 is 9.55 Å². The fraction of sp³-hybridized carbons (Fsp3) is 0.286. The van der Waals surface area contributed by atoms with E-state index in [9.17, 15) is 0 Å². The highest BCUT2D eigenvalue weighted by molar-refractivity contribution is 6.34. The first-order chi connectivity index (χ1) is 9.74. The van der Waals surface area contributed by atoms with Crippen LogP contribution in [0.3, 0.4) is 0 Å². The number of hydrogen-bond acceptors (Lipinski definition) is 5. The number of fused-ring (bicyclic) bond motifs is 1. The van der Waals surface area contributed by atoms with Crippen molar-refractivity contribution in [2.75, 3.05) is 31.2 Å². The van der Waals surface area contributed by atoms with E-state index in [1.54, 1.807) is 6.07 Å². The van der Waals surface area contributed by atoms with Crippen LogP contribution in [0.25, 0.3) is 10.8 Å². The first-order valence-electron chi connectivity index (χ1n) is 6.62. The second-order valence-electron chi connectivity index (χ2n) is 4.71. The summed E-state index contributed by atoms with van der Waals surface area (Å²) in [5, 5.41) is 19.7. The lowest BCUT2D eigenvalue weighted by molar-refractivity contribution is 0.122. The maximum absolute atomic E-state index is 8.93. The molecule has 2 aromatic rings. The average molecular weight is 273 g/mol. The van der Waals surface area contributed by atoms with Gasteiger partial charge in [0.1, 0.15) is 5.75 Å². The van der Waals surface area contributed by atoms with Gasteiger partial charge in [0.15, 0.2) is 0 Å². The minimum Gasteiger partial charge on any atom is -0.512 e. The van der Waals surface area contributed by atoms with Crippen LogP contribution in [-0.2, 0) is 4.74 Å². The first-order valence-corrected chi connectivity index (χ1v) is 6.62. The van der Waals surface area contributed by atoms with E-state index < -0.39 is 7.32 Å². The lowest BCUT2D eigenvalue weighted by atomic mass is 10.1. The Morgan fingerprint density at radius 1 is 1.10 bits per heavy atom. The maximum atomic E-state index is 8.93. The molecular weight excluding hydrogens is 257 g/mol. The number of ether oxygens (including phenoxy) is 1. The molecule has 0 saturated carbocycles. The van der Waals surface area contributed by atoms with E-state index in [4.69, 9.17) is 19.4 Å². The Bertz CT molecular complexity index is 599. The molecule has 1 saturated heterocycles. The molecule has 1 aliphatic rings. The summed E-state index contributed by atoms with van der Waals surface area (Å²) in [5.41, 5.74) is 1.14. The molecule has 2 aromatic carbocycles. The minimum absolute atomic E-state index is 0.464. The average Bonchev–Trinajstić information content (AvgIpc) is 2.47. The minimum atomic E-state index is -1.81. The van der Waals surface area contributed by atoms with Gasteiger partial charge in [0.25, 0.3) is 0 Å². The Kier molecular flexibility index (Phi) is 3.78. The van der Waals surface area contributed by atoms with Gasteiger partial charge in [-0.05, 0) is 29.7 Å². The fourth-order valence-corrected chi connectivity index (χ4v) is 2.48. The van der Waals surface area contributed by atoms with Crippen molar-refractivity contribution in [2.24, 2.45) is 0 Å². The normalized spacial score (nSPS) is 15.4. The first kappa shape index (κ1) is 13.2. The molecule has 0 amide bonds. The van der Waals surface area contributed by atoms with E-state index in [1.807, 2.05) is 24.3 Å². The molecule has 0 radical (unpaired) electrons. The molecule has 104 valence electrons. The maximum Gasteiger partial charge on any atom is 0.707 e. The van der Waals surface area contributed by atoms with Gasteiger partial charge in [-0.15, -0.1) is 0 Å². The molecule has 1 aliphatic heterocycles. The van der Waals surface area contributed by atoms with E-state index in [-0.39, 0.29) is 0 Å². The van der Waals surface area contributed by atoms with Gasteiger partial charge in [-0.1, -0.05) is 12.1 Å². The van der Waals surface area contributed by atoms with Crippen molar-refractivity contribution in [3.05, 3.63) is 36.4 Å². The Hall–Kier alpha value is -1.76. The second kappa shape index (κ2) is 5.70. The summed E-state index contributed by atoms with van der Waals surface area (Å²) in [6.07, 6.45) is 0. The van der Waals surface area contributed by atoms with E-state index >= 15 is 0 Å². The summed E-state index contributed by atoms with van der Waals surface area (Å²) in [4.78, 5) is 2.28. The van der Waals surface area contributed by atoms with Crippen molar-refractivity contribution in [3.8, 4) is 5.75 Å². The van der Waals surface area contributed by atoms with Crippen LogP contribution in [0, 0.1) is 0 Å². The number of morpholine rings is 1. The standard InChI is InChI=1S/C14H16BNO4/c17-15(18)20-14-3-1-2-11-10-12(4-5-13(11)14)16-6-8-19-9-7-16/h1-5,10,17-18H,6-9H2. The van der Waals surface area contributed by atoms with E-state index in [0.717, 1.165) is 42.8 Å². The van der Waals surface area contributed by atoms with Crippen LogP contribution >= 0.6 is 0 Å². The molecule has 5 nitrogen and oxygen atoms in total. The van der Waals surface area contributed by atoms with Crippen molar-refractivity contribution < 1.29 is 19.4 Å². The van der Waals surface area contributed by atoms with Crippen LogP contribution in [0.2, 0.25) is 0 Å². The molecule has 0 unspecified atom stereocenters. The van der Waals surface area contributed by atoms with Crippen molar-refractivity contribution in [1.29, 1.82) is 0 Å². The summed E-state index contributed by atoms with van der Waals surface area (Å²) in [6, 6.07) is 11.6. The van der Waals surface area contributed by atoms with Crippen LogP contribution in [0.4, 0.5) is 5.69 Å². The fourth-order valence-electron chi connectivity index (χ4n) is 2.48. The number of nitrogens with zero attached hydrogens (tertiary/aromatic N) is 1. The second-order valence-corrected chi connectivity index (χ2v) is 4.71. The SMILES string of the molecule is OB(O)Oc1cccc2cc(N3CCOCC3)ccc12. The summed E-state index contributed by atoms with van der Waals surface area (Å²) in [7, 11) is -1.81. The Morgan fingerprint density at radius 2 is 1.90 bits per heavy atom. The zero-order valence-corrected chi connectivity index (χ0v) is 11.0. The molecule has 20 heavy (non-hydrogen) atoms. The van der Waals surface area contributed by atoms with Crippen LogP contribution in [0.1, 0.15) is 0 Å². The molecule has 0 aromatic heterocycles. The van der Waals surface area contributed by atoms with E-state index in [1.165, 1.54) is 0 Å². The topological polar surface area (TPSA) is 62.2 Å². The lowest BCUT2D eigenvalue weighted by Gasteiger charge is -2.29. The molecule has 1 heterocycles. The van der Waals surface area contributed by atoms with Gasteiger partial charge in [0.2, 0.25) is 0 Å². The molecule has 0 spiro atoms. The van der Waals surface area contributed by atoms with Gasteiger partial charge in [-0.2, -0.15) is 0 Å². The zero-order chi connectivity index (χ0) is 13.9. The summed E-state index contributed by atoms with van der Waals surface area (Å²) in [6.45, 7) is 3.27. The molecule has 0 bridgehead atoms. The molecule has 1 fully saturated rings. The van der Waals surface area contributed by atoms with E-state index in [0.29, 0.717) is 5.75 Å². The van der Waals surface area contributed by atoms with Crippen molar-refractivity contribution in [2.45, 2.75) is 0 Å². The largest absolute Gasteiger partial charge is 0.707 e. The number of anilines is 1. The third-order valence-electron chi connectivity index (χ3n) is 3.43. The third-order valence-corrected chi connectivity index (χ3v) is 3.43. The number of rotatable bonds is 3. The molecule has 0 atom stereocenters. The predicted octanol–water partition coefficient (Wildman–Crippen LogP) is 1.02. The van der Waals surface area contributed by atoms with Gasteiger partial charge in [-0.25, -0.2) is 0 Å². The van der Waals surface area contributed by atoms with Crippen molar-refractivity contribution >= 4 is 23.8 Å². The number of hydrogen-bond donors (Lipinski definition) is 2. The Morgan fingerprint density at radius 3 is 2.65 bits per heavy atom. The summed E-state index contributed by atoms with van der Waals surface area (Å²) < 4.78 is 10.3. The number of benzene rings is 2. The third kappa shape index (κ3) is 2.72. The van der Waals surface area contributed by atoms with Crippen molar-refractivity contribution in [3.63, 3.8) is 0 Å². The summed E-state index contributed by atoms with van der Waals surface area (Å²) in [5.74, 6) is 0.464. The Labute approximate surface area is 117 Å². The van der Waals surface area contributed by atoms with Gasteiger partial charge < -0.3 is 24.3 Å². The molecule has 3 rings (SSSR count). The smallest absolute Gasteiger partial charge is 0.512 e. The lowest BCUT2D eigenvalue weighted by Crippen LogP contribution is -2.36. The Balaban J connectivity index is 1.95. The molecular formula is C14H16BNO4. The monoisotopic (exact) mass is 273 g/mol. The summed E-state index contributed by atoms with van der Waals surface area (Å²) >= 11 is 0. The molecule has 2 N–H and O–H groups in total. The predicted molar refractivity (Wildman–Crippen MR) is 77.8 cm³/mol. The van der Waals surface area contributed by atoms with Gasteiger partial charge in [-0.3, -0.25) is 0 Å². The highest BCUT2D eigenvalue weighted by Gasteiger charge is 2.15. The van der Waals surface area contributed by atoms with Gasteiger partial charge in [0.05, 0.1) is 13.2 Å². The quantitative estimate of drug-likeness (QED) is 0.818. The van der Waals surface area contributed by atoms with Crippen LogP contribution in [0.5, 0.6) is 5.75 Å². The van der Waals surface area contributed by atoms with Gasteiger partial charge >= 0.3 is 7.32 Å². The van der Waals surface area contributed by atoms with E-state index in [2.05, 4.69) is 11.0 Å². The zero-order valence-electron chi connectivity index (χ0n) is 11.0. The highest BCUT2D eigenvalue weighted by atomic mass is 16.6. The van der Waals surface area contributed by atoms with Crippen molar-refractivity contribution in [1.82, 2.24) is 0 Å². The van der Waals surface area contributed by atoms with Gasteiger partial charge in [0, 0.05) is 24.2 Å². The molecule has 0 aliphatic carbocycles. The highest BCUT2D eigenvalue weighted by Crippen LogP contribution is 2.29. The van der Waals surface area contributed by atoms with Crippen LogP contribution in [0.15, 0.2) is 36.4 Å².